The first-order valence-corrected chi connectivity index (χ1v) is 10.5. The van der Waals surface area contributed by atoms with Gasteiger partial charge in [0.2, 0.25) is 6.41 Å². The molecule has 0 radical (unpaired) electrons. The van der Waals surface area contributed by atoms with Crippen molar-refractivity contribution < 1.29 is 4.79 Å². The Morgan fingerprint density at radius 2 is 2.00 bits per heavy atom. The highest BCUT2D eigenvalue weighted by molar-refractivity contribution is 7.99. The minimum absolute atomic E-state index is 0.577. The molecule has 3 nitrogen and oxygen atoms in total. The van der Waals surface area contributed by atoms with Crippen LogP contribution < -0.4 is 5.32 Å². The minimum Gasteiger partial charge on any atom is -0.355 e. The third-order valence-electron chi connectivity index (χ3n) is 4.92. The number of amides is 1. The van der Waals surface area contributed by atoms with Crippen LogP contribution in [0, 0.1) is 0 Å². The molecule has 4 heteroatoms. The fourth-order valence-electron chi connectivity index (χ4n) is 3.60. The molecule has 1 N–H and O–H groups in total. The van der Waals surface area contributed by atoms with Gasteiger partial charge in [-0.05, 0) is 42.1 Å². The fraction of sp³-hybridized carbons (Fsp3) is 0.409. The van der Waals surface area contributed by atoms with E-state index in [4.69, 9.17) is 0 Å². The fourth-order valence-corrected chi connectivity index (χ4v) is 4.83. The molecular weight excluding hydrogens is 340 g/mol. The molecule has 0 aromatic heterocycles. The standard InChI is InChI=1S/C22H28N2OS/c1-2-11-24(12-10-18-6-4-3-5-7-18)15-20-16-26-22-9-8-19(13-21(20)22)14-23-17-25/h3-9,13,17,20H,2,10-12,14-16H2,1H3,(H,23,25). The number of hydrogen-bond acceptors (Lipinski definition) is 3. The maximum Gasteiger partial charge on any atom is 0.207 e. The van der Waals surface area contributed by atoms with Crippen molar-refractivity contribution >= 4 is 18.2 Å². The number of fused-ring (bicyclic) bond motifs is 1. The molecule has 0 fully saturated rings. The summed E-state index contributed by atoms with van der Waals surface area (Å²) in [7, 11) is 0. The molecule has 1 aliphatic heterocycles. The second-order valence-corrected chi connectivity index (χ2v) is 7.98. The van der Waals surface area contributed by atoms with E-state index in [1.165, 1.54) is 28.0 Å². The van der Waals surface area contributed by atoms with Crippen LogP contribution in [0.25, 0.3) is 0 Å². The Hall–Kier alpha value is -1.78. The Balaban J connectivity index is 1.64. The Morgan fingerprint density at radius 1 is 1.15 bits per heavy atom. The summed E-state index contributed by atoms with van der Waals surface area (Å²) < 4.78 is 0. The lowest BCUT2D eigenvalue weighted by atomic mass is 9.98. The van der Waals surface area contributed by atoms with E-state index in [0.717, 1.165) is 38.2 Å². The van der Waals surface area contributed by atoms with E-state index < -0.39 is 0 Å². The van der Waals surface area contributed by atoms with Crippen molar-refractivity contribution in [3.8, 4) is 0 Å². The van der Waals surface area contributed by atoms with Gasteiger partial charge in [0.25, 0.3) is 0 Å². The average molecular weight is 369 g/mol. The highest BCUT2D eigenvalue weighted by Gasteiger charge is 2.25. The van der Waals surface area contributed by atoms with Gasteiger partial charge in [-0.15, -0.1) is 11.8 Å². The number of thioether (sulfide) groups is 1. The molecule has 0 saturated carbocycles. The maximum atomic E-state index is 10.6. The lowest BCUT2D eigenvalue weighted by Crippen LogP contribution is -2.31. The Labute approximate surface area is 161 Å². The summed E-state index contributed by atoms with van der Waals surface area (Å²) in [5.41, 5.74) is 4.06. The second-order valence-electron chi connectivity index (χ2n) is 6.92. The summed E-state index contributed by atoms with van der Waals surface area (Å²) in [4.78, 5) is 14.6. The zero-order chi connectivity index (χ0) is 18.2. The number of hydrogen-bond donors (Lipinski definition) is 1. The zero-order valence-electron chi connectivity index (χ0n) is 15.5. The van der Waals surface area contributed by atoms with Crippen molar-refractivity contribution in [2.45, 2.75) is 37.1 Å². The quantitative estimate of drug-likeness (QED) is 0.642. The minimum atomic E-state index is 0.577. The highest BCUT2D eigenvalue weighted by atomic mass is 32.2. The summed E-state index contributed by atoms with van der Waals surface area (Å²) >= 11 is 1.97. The predicted molar refractivity (Wildman–Crippen MR) is 110 cm³/mol. The maximum absolute atomic E-state index is 10.6. The molecule has 1 unspecified atom stereocenters. The van der Waals surface area contributed by atoms with Crippen LogP contribution >= 0.6 is 11.8 Å². The number of carbonyl (C=O) groups excluding carboxylic acids is 1. The van der Waals surface area contributed by atoms with Crippen molar-refractivity contribution in [1.29, 1.82) is 0 Å². The van der Waals surface area contributed by atoms with Crippen LogP contribution in [0.2, 0.25) is 0 Å². The Morgan fingerprint density at radius 3 is 2.77 bits per heavy atom. The van der Waals surface area contributed by atoms with E-state index >= 15 is 0 Å². The van der Waals surface area contributed by atoms with E-state index in [-0.39, 0.29) is 0 Å². The van der Waals surface area contributed by atoms with E-state index in [1.54, 1.807) is 0 Å². The molecule has 138 valence electrons. The smallest absolute Gasteiger partial charge is 0.207 e. The molecular formula is C22H28N2OS. The molecule has 3 rings (SSSR count). The van der Waals surface area contributed by atoms with Gasteiger partial charge in [0.15, 0.2) is 0 Å². The Bertz CT molecular complexity index is 705. The van der Waals surface area contributed by atoms with Crippen LogP contribution in [-0.4, -0.2) is 36.7 Å². The van der Waals surface area contributed by atoms with Crippen molar-refractivity contribution in [3.05, 3.63) is 65.2 Å². The van der Waals surface area contributed by atoms with Gasteiger partial charge in [-0.2, -0.15) is 0 Å². The first-order valence-electron chi connectivity index (χ1n) is 9.49. The third kappa shape index (κ3) is 5.12. The monoisotopic (exact) mass is 368 g/mol. The first kappa shape index (κ1) is 19.0. The normalized spacial score (nSPS) is 15.8. The zero-order valence-corrected chi connectivity index (χ0v) is 16.3. The van der Waals surface area contributed by atoms with Crippen LogP contribution in [-0.2, 0) is 17.8 Å². The number of nitrogens with zero attached hydrogens (tertiary/aromatic N) is 1. The predicted octanol–water partition coefficient (Wildman–Crippen LogP) is 4.08. The summed E-state index contributed by atoms with van der Waals surface area (Å²) in [5, 5.41) is 2.77. The van der Waals surface area contributed by atoms with Crippen LogP contribution in [0.1, 0.15) is 36.0 Å². The van der Waals surface area contributed by atoms with E-state index in [9.17, 15) is 4.79 Å². The van der Waals surface area contributed by atoms with Gasteiger partial charge < -0.3 is 10.2 Å². The molecule has 1 amide bonds. The molecule has 1 heterocycles. The second kappa shape index (κ2) is 9.79. The molecule has 1 atom stereocenters. The average Bonchev–Trinajstić information content (AvgIpc) is 3.07. The third-order valence-corrected chi connectivity index (χ3v) is 6.17. The summed E-state index contributed by atoms with van der Waals surface area (Å²) in [6, 6.07) is 17.4. The SMILES string of the molecule is CCCN(CCc1ccccc1)CC1CSc2ccc(CNC=O)cc21. The lowest BCUT2D eigenvalue weighted by molar-refractivity contribution is -0.109. The van der Waals surface area contributed by atoms with Crippen molar-refractivity contribution in [3.63, 3.8) is 0 Å². The molecule has 26 heavy (non-hydrogen) atoms. The molecule has 2 aromatic carbocycles. The van der Waals surface area contributed by atoms with Crippen molar-refractivity contribution in [1.82, 2.24) is 10.2 Å². The summed E-state index contributed by atoms with van der Waals surface area (Å²) in [6.45, 7) is 6.25. The largest absolute Gasteiger partial charge is 0.355 e. The molecule has 0 saturated heterocycles. The van der Waals surface area contributed by atoms with Crippen molar-refractivity contribution in [2.24, 2.45) is 0 Å². The van der Waals surface area contributed by atoms with Gasteiger partial charge in [-0.3, -0.25) is 4.79 Å². The Kier molecular flexibility index (Phi) is 7.15. The molecule has 1 aliphatic rings. The molecule has 0 bridgehead atoms. The van der Waals surface area contributed by atoms with Gasteiger partial charge in [0.1, 0.15) is 0 Å². The molecule has 0 aliphatic carbocycles. The first-order chi connectivity index (χ1) is 12.8. The van der Waals surface area contributed by atoms with Crippen LogP contribution in [0.4, 0.5) is 0 Å². The van der Waals surface area contributed by atoms with E-state index in [2.05, 4.69) is 65.7 Å². The number of rotatable bonds is 10. The molecule has 2 aromatic rings. The lowest BCUT2D eigenvalue weighted by Gasteiger charge is -2.25. The van der Waals surface area contributed by atoms with Crippen LogP contribution in [0.3, 0.4) is 0 Å². The van der Waals surface area contributed by atoms with Gasteiger partial charge in [0.05, 0.1) is 0 Å². The van der Waals surface area contributed by atoms with Crippen molar-refractivity contribution in [2.75, 3.05) is 25.4 Å². The van der Waals surface area contributed by atoms with E-state index in [1.807, 2.05) is 11.8 Å². The summed E-state index contributed by atoms with van der Waals surface area (Å²) in [6.07, 6.45) is 3.06. The van der Waals surface area contributed by atoms with Gasteiger partial charge in [-0.25, -0.2) is 0 Å². The topological polar surface area (TPSA) is 32.3 Å². The van der Waals surface area contributed by atoms with Gasteiger partial charge in [-0.1, -0.05) is 49.4 Å². The highest BCUT2D eigenvalue weighted by Crippen LogP contribution is 2.40. The van der Waals surface area contributed by atoms with E-state index in [0.29, 0.717) is 12.5 Å². The van der Waals surface area contributed by atoms with Crippen LogP contribution in [0.5, 0.6) is 0 Å². The number of nitrogens with one attached hydrogen (secondary N) is 1. The van der Waals surface area contributed by atoms with Gasteiger partial charge >= 0.3 is 0 Å². The number of benzene rings is 2. The van der Waals surface area contributed by atoms with Gasteiger partial charge in [0, 0.05) is 36.2 Å². The molecule has 0 spiro atoms. The number of carbonyl (C=O) groups is 1. The summed E-state index contributed by atoms with van der Waals surface area (Å²) in [5.74, 6) is 1.74. The van der Waals surface area contributed by atoms with Crippen LogP contribution in [0.15, 0.2) is 53.4 Å².